The minimum atomic E-state index is -3.95. The minimum absolute atomic E-state index is 0.0445. The molecule has 0 saturated carbocycles. The number of likely N-dealkylation sites (N-methyl/N-ethyl adjacent to an activating group) is 1. The Balaban J connectivity index is 1.38. The first-order valence-corrected chi connectivity index (χ1v) is 16.2. The summed E-state index contributed by atoms with van der Waals surface area (Å²) in [5.74, 6) is 1.55. The first-order valence-electron chi connectivity index (χ1n) is 14.8. The van der Waals surface area contributed by atoms with E-state index in [-0.39, 0.29) is 61.3 Å². The predicted molar refractivity (Wildman–Crippen MR) is 170 cm³/mol. The van der Waals surface area contributed by atoms with Crippen molar-refractivity contribution in [2.45, 2.75) is 37.3 Å². The van der Waals surface area contributed by atoms with Crippen molar-refractivity contribution < 1.29 is 42.1 Å². The molecule has 3 amide bonds. The Labute approximate surface area is 268 Å². The maximum atomic E-state index is 13.5. The summed E-state index contributed by atoms with van der Waals surface area (Å²) < 4.78 is 51.1. The summed E-state index contributed by atoms with van der Waals surface area (Å²) in [7, 11) is -0.811. The molecule has 3 aromatic rings. The molecule has 0 unspecified atom stereocenters. The van der Waals surface area contributed by atoms with Gasteiger partial charge in [-0.1, -0.05) is 6.92 Å². The van der Waals surface area contributed by atoms with Gasteiger partial charge in [0, 0.05) is 42.5 Å². The van der Waals surface area contributed by atoms with Crippen molar-refractivity contribution in [2.24, 2.45) is 5.92 Å². The van der Waals surface area contributed by atoms with Gasteiger partial charge in [0.25, 0.3) is 10.0 Å². The maximum Gasteiger partial charge on any atom is 0.321 e. The second-order valence-corrected chi connectivity index (χ2v) is 13.1. The van der Waals surface area contributed by atoms with Crippen molar-refractivity contribution in [1.29, 1.82) is 0 Å². The van der Waals surface area contributed by atoms with E-state index in [0.717, 1.165) is 0 Å². The molecule has 3 N–H and O–H groups in total. The average Bonchev–Trinajstić information content (AvgIpc) is 3.52. The van der Waals surface area contributed by atoms with Crippen LogP contribution in [0.2, 0.25) is 0 Å². The van der Waals surface area contributed by atoms with E-state index in [4.69, 9.17) is 18.9 Å². The minimum Gasteiger partial charge on any atom is -0.497 e. The number of sulfonamides is 1. The van der Waals surface area contributed by atoms with Crippen LogP contribution < -0.4 is 29.0 Å². The molecular weight excluding hydrogens is 616 g/mol. The number of rotatable bonds is 9. The number of fused-ring (bicyclic) bond motifs is 2. The van der Waals surface area contributed by atoms with E-state index in [1.807, 2.05) is 6.92 Å². The molecule has 0 saturated heterocycles. The van der Waals surface area contributed by atoms with Crippen molar-refractivity contribution >= 4 is 33.3 Å². The van der Waals surface area contributed by atoms with Gasteiger partial charge in [-0.2, -0.15) is 0 Å². The molecule has 0 bridgehead atoms. The molecule has 3 atom stereocenters. The van der Waals surface area contributed by atoms with Crippen LogP contribution >= 0.6 is 0 Å². The molecule has 0 radical (unpaired) electrons. The van der Waals surface area contributed by atoms with E-state index in [2.05, 4.69) is 10.0 Å². The highest BCUT2D eigenvalue weighted by atomic mass is 32.2. The lowest BCUT2D eigenvalue weighted by molar-refractivity contribution is -0.134. The number of aliphatic hydroxyl groups is 1. The van der Waals surface area contributed by atoms with Gasteiger partial charge in [-0.05, 0) is 61.5 Å². The zero-order valence-corrected chi connectivity index (χ0v) is 26.9. The summed E-state index contributed by atoms with van der Waals surface area (Å²) >= 11 is 0. The summed E-state index contributed by atoms with van der Waals surface area (Å²) in [6.45, 7) is 3.99. The standard InChI is InChI=1S/C32H38N4O9S/c1-20-16-36(21(2)18-37)31(38)14-22-13-24(34-46(40,41)26-9-7-25(42-4)8-10-26)6-11-27(22)45-30(20)17-35(3)32(39)33-23-5-12-28-29(15-23)44-19-43-28/h5-13,15,20-21,30,34,37H,14,16-19H2,1-4H3,(H,33,39)/t20-,21+,30+/m0/s1. The van der Waals surface area contributed by atoms with Gasteiger partial charge in [0.2, 0.25) is 12.7 Å². The number of nitrogens with one attached hydrogen (secondary N) is 2. The fourth-order valence-corrected chi connectivity index (χ4v) is 6.28. The molecule has 246 valence electrons. The number of hydrogen-bond donors (Lipinski definition) is 3. The number of nitrogens with zero attached hydrogens (tertiary/aromatic N) is 2. The van der Waals surface area contributed by atoms with E-state index in [9.17, 15) is 23.1 Å². The Bertz CT molecular complexity index is 1680. The fourth-order valence-electron chi connectivity index (χ4n) is 5.23. The molecule has 0 spiro atoms. The van der Waals surface area contributed by atoms with Gasteiger partial charge < -0.3 is 39.2 Å². The summed E-state index contributed by atoms with van der Waals surface area (Å²) in [5.41, 5.74) is 1.24. The normalized spacial score (nSPS) is 18.3. The monoisotopic (exact) mass is 654 g/mol. The van der Waals surface area contributed by atoms with Gasteiger partial charge >= 0.3 is 6.03 Å². The summed E-state index contributed by atoms with van der Waals surface area (Å²) in [4.78, 5) is 29.8. The zero-order valence-electron chi connectivity index (χ0n) is 26.1. The van der Waals surface area contributed by atoms with Gasteiger partial charge in [0.1, 0.15) is 17.6 Å². The third kappa shape index (κ3) is 7.40. The van der Waals surface area contributed by atoms with E-state index >= 15 is 0 Å². The number of methoxy groups -OCH3 is 1. The van der Waals surface area contributed by atoms with E-state index in [1.165, 1.54) is 24.1 Å². The molecule has 5 rings (SSSR count). The molecule has 2 aliphatic heterocycles. The molecule has 3 aromatic carbocycles. The molecule has 0 aliphatic carbocycles. The number of benzene rings is 3. The first kappa shape index (κ1) is 32.7. The van der Waals surface area contributed by atoms with Crippen LogP contribution in [-0.4, -0.2) is 88.1 Å². The third-order valence-corrected chi connectivity index (χ3v) is 9.36. The number of amides is 3. The lowest BCUT2D eigenvalue weighted by atomic mass is 10.0. The third-order valence-electron chi connectivity index (χ3n) is 7.96. The number of urea groups is 1. The smallest absolute Gasteiger partial charge is 0.321 e. The van der Waals surface area contributed by atoms with Crippen molar-refractivity contribution in [3.8, 4) is 23.0 Å². The van der Waals surface area contributed by atoms with Crippen molar-refractivity contribution in [3.63, 3.8) is 0 Å². The summed E-state index contributed by atoms with van der Waals surface area (Å²) in [5, 5.41) is 12.8. The molecule has 0 fully saturated rings. The highest BCUT2D eigenvalue weighted by Crippen LogP contribution is 2.34. The van der Waals surface area contributed by atoms with Crippen molar-refractivity contribution in [2.75, 3.05) is 50.7 Å². The van der Waals surface area contributed by atoms with E-state index in [0.29, 0.717) is 34.2 Å². The van der Waals surface area contributed by atoms with E-state index in [1.54, 1.807) is 67.4 Å². The van der Waals surface area contributed by atoms with Crippen LogP contribution in [0, 0.1) is 5.92 Å². The van der Waals surface area contributed by atoms with Gasteiger partial charge in [0.15, 0.2) is 11.5 Å². The van der Waals surface area contributed by atoms with Gasteiger partial charge in [-0.15, -0.1) is 0 Å². The summed E-state index contributed by atoms with van der Waals surface area (Å²) in [6, 6.07) is 15.0. The van der Waals surface area contributed by atoms with Crippen LogP contribution in [0.4, 0.5) is 16.2 Å². The second kappa shape index (κ2) is 13.7. The molecule has 2 aliphatic rings. The van der Waals surface area contributed by atoms with Crippen LogP contribution in [0.3, 0.4) is 0 Å². The number of carbonyl (C=O) groups excluding carboxylic acids is 2. The lowest BCUT2D eigenvalue weighted by Crippen LogP contribution is -2.48. The van der Waals surface area contributed by atoms with Crippen molar-refractivity contribution in [1.82, 2.24) is 9.80 Å². The summed E-state index contributed by atoms with van der Waals surface area (Å²) in [6.07, 6.45) is -0.648. The predicted octanol–water partition coefficient (Wildman–Crippen LogP) is 3.54. The Kier molecular flexibility index (Phi) is 9.77. The highest BCUT2D eigenvalue weighted by molar-refractivity contribution is 7.92. The van der Waals surface area contributed by atoms with Gasteiger partial charge in [-0.25, -0.2) is 13.2 Å². The van der Waals surface area contributed by atoms with Crippen LogP contribution in [0.1, 0.15) is 19.4 Å². The van der Waals surface area contributed by atoms with Gasteiger partial charge in [0.05, 0.1) is 37.6 Å². The Hall–Kier alpha value is -4.69. The molecule has 2 heterocycles. The Morgan fingerprint density at radius 3 is 2.48 bits per heavy atom. The quantitative estimate of drug-likeness (QED) is 0.314. The average molecular weight is 655 g/mol. The van der Waals surface area contributed by atoms with Crippen LogP contribution in [-0.2, 0) is 21.2 Å². The molecule has 13 nitrogen and oxygen atoms in total. The van der Waals surface area contributed by atoms with Gasteiger partial charge in [-0.3, -0.25) is 9.52 Å². The largest absolute Gasteiger partial charge is 0.497 e. The molecule has 14 heteroatoms. The molecular formula is C32H38N4O9S. The first-order chi connectivity index (χ1) is 22.0. The van der Waals surface area contributed by atoms with Crippen LogP contribution in [0.25, 0.3) is 0 Å². The molecule has 0 aromatic heterocycles. The SMILES string of the molecule is COc1ccc(S(=O)(=O)Nc2ccc3c(c2)CC(=O)N([C@H](C)CO)C[C@H](C)[C@@H](CN(C)C(=O)Nc2ccc4c(c2)OCO4)O3)cc1. The number of ether oxygens (including phenoxy) is 4. The number of hydrogen-bond acceptors (Lipinski definition) is 9. The van der Waals surface area contributed by atoms with Crippen LogP contribution in [0.5, 0.6) is 23.0 Å². The Morgan fingerprint density at radius 2 is 1.76 bits per heavy atom. The maximum absolute atomic E-state index is 13.5. The molecule has 46 heavy (non-hydrogen) atoms. The van der Waals surface area contributed by atoms with E-state index < -0.39 is 22.2 Å². The van der Waals surface area contributed by atoms with Crippen molar-refractivity contribution in [3.05, 3.63) is 66.2 Å². The zero-order chi connectivity index (χ0) is 33.0. The lowest BCUT2D eigenvalue weighted by Gasteiger charge is -2.34. The number of aliphatic hydroxyl groups excluding tert-OH is 1. The fraction of sp³-hybridized carbons (Fsp3) is 0.375. The van der Waals surface area contributed by atoms with Crippen LogP contribution in [0.15, 0.2) is 65.6 Å². The topological polar surface area (TPSA) is 156 Å². The highest BCUT2D eigenvalue weighted by Gasteiger charge is 2.32. The Morgan fingerprint density at radius 1 is 1.07 bits per heavy atom. The second-order valence-electron chi connectivity index (χ2n) is 11.4. The number of carbonyl (C=O) groups is 2. The number of anilines is 2.